The molecule has 3 heterocycles. The highest BCUT2D eigenvalue weighted by Crippen LogP contribution is 2.46. The summed E-state index contributed by atoms with van der Waals surface area (Å²) in [5.74, 6) is 0.814. The number of rotatable bonds is 8. The Balaban J connectivity index is 1.44. The molecule has 2 unspecified atom stereocenters. The molecule has 2 aromatic rings. The molecule has 2 aliphatic heterocycles. The number of hydrogen-bond donors (Lipinski definition) is 0. The van der Waals surface area contributed by atoms with Gasteiger partial charge in [0.25, 0.3) is 0 Å². The average molecular weight is 367 g/mol. The van der Waals surface area contributed by atoms with Crippen LogP contribution in [0.2, 0.25) is 0 Å². The molecule has 0 saturated carbocycles. The molecule has 146 valence electrons. The fourth-order valence-corrected chi connectivity index (χ4v) is 5.32. The van der Waals surface area contributed by atoms with Gasteiger partial charge in [0, 0.05) is 56.4 Å². The topological polar surface area (TPSA) is 24.3 Å². The van der Waals surface area contributed by atoms with Crippen molar-refractivity contribution in [2.75, 3.05) is 32.7 Å². The van der Waals surface area contributed by atoms with Gasteiger partial charge in [0.15, 0.2) is 0 Å². The summed E-state index contributed by atoms with van der Waals surface area (Å²) in [5.41, 5.74) is 3.31. The average Bonchev–Trinajstić information content (AvgIpc) is 3.34. The molecule has 1 aromatic carbocycles. The summed E-state index contributed by atoms with van der Waals surface area (Å²) in [6.07, 6.45) is 8.05. The molecule has 0 radical (unpaired) electrons. The van der Waals surface area contributed by atoms with E-state index in [4.69, 9.17) is 0 Å². The number of fused-ring (bicyclic) bond motifs is 1. The van der Waals surface area contributed by atoms with Crippen LogP contribution in [-0.4, -0.2) is 52.3 Å². The first-order valence-corrected chi connectivity index (χ1v) is 10.7. The molecule has 0 bridgehead atoms. The Morgan fingerprint density at radius 1 is 1.04 bits per heavy atom. The molecule has 4 rings (SSSR count). The van der Waals surface area contributed by atoms with E-state index in [1.54, 1.807) is 0 Å². The highest BCUT2D eigenvalue weighted by Gasteiger charge is 2.51. The van der Waals surface area contributed by atoms with Crippen molar-refractivity contribution >= 4 is 0 Å². The van der Waals surface area contributed by atoms with Crippen molar-refractivity contribution in [1.29, 1.82) is 0 Å². The standard InChI is InChI=1S/C23H34N4/c1-3-12-25-16-22-17-26(14-21-13-24-27(4-2)15-21)19-23(22,18-25)11-10-20-8-6-5-7-9-20/h5-9,13,15,22H,3-4,10-12,14,16-19H2,1-2H3. The maximum Gasteiger partial charge on any atom is 0.0534 e. The van der Waals surface area contributed by atoms with Crippen LogP contribution in [0.25, 0.3) is 0 Å². The zero-order valence-electron chi connectivity index (χ0n) is 17.0. The van der Waals surface area contributed by atoms with E-state index >= 15 is 0 Å². The predicted octanol–water partition coefficient (Wildman–Crippen LogP) is 3.68. The van der Waals surface area contributed by atoms with Crippen molar-refractivity contribution in [3.8, 4) is 0 Å². The van der Waals surface area contributed by atoms with E-state index in [0.717, 1.165) is 19.0 Å². The molecule has 0 spiro atoms. The monoisotopic (exact) mass is 366 g/mol. The third-order valence-electron chi connectivity index (χ3n) is 6.61. The van der Waals surface area contributed by atoms with Crippen LogP contribution >= 0.6 is 0 Å². The first-order valence-electron chi connectivity index (χ1n) is 10.7. The second kappa shape index (κ2) is 8.15. The van der Waals surface area contributed by atoms with Crippen LogP contribution in [0, 0.1) is 11.3 Å². The van der Waals surface area contributed by atoms with Crippen molar-refractivity contribution in [1.82, 2.24) is 19.6 Å². The summed E-state index contributed by atoms with van der Waals surface area (Å²) in [7, 11) is 0. The van der Waals surface area contributed by atoms with Gasteiger partial charge in [-0.15, -0.1) is 0 Å². The quantitative estimate of drug-likeness (QED) is 0.712. The minimum absolute atomic E-state index is 0.464. The number of hydrogen-bond acceptors (Lipinski definition) is 3. The molecule has 2 saturated heterocycles. The van der Waals surface area contributed by atoms with Crippen molar-refractivity contribution in [2.45, 2.75) is 46.2 Å². The molecular weight excluding hydrogens is 332 g/mol. The fourth-order valence-electron chi connectivity index (χ4n) is 5.32. The first-order chi connectivity index (χ1) is 13.2. The zero-order valence-corrected chi connectivity index (χ0v) is 17.0. The van der Waals surface area contributed by atoms with Crippen LogP contribution < -0.4 is 0 Å². The Morgan fingerprint density at radius 2 is 1.81 bits per heavy atom. The molecular formula is C23H34N4. The minimum atomic E-state index is 0.464. The maximum atomic E-state index is 4.46. The lowest BCUT2D eigenvalue weighted by atomic mass is 9.76. The van der Waals surface area contributed by atoms with Gasteiger partial charge in [-0.1, -0.05) is 37.3 Å². The number of aromatic nitrogens is 2. The van der Waals surface area contributed by atoms with Crippen molar-refractivity contribution < 1.29 is 0 Å². The van der Waals surface area contributed by atoms with Crippen molar-refractivity contribution in [3.05, 3.63) is 53.9 Å². The normalized spacial score (nSPS) is 25.9. The Hall–Kier alpha value is -1.65. The van der Waals surface area contributed by atoms with E-state index in [0.29, 0.717) is 5.41 Å². The molecule has 2 fully saturated rings. The molecule has 2 atom stereocenters. The van der Waals surface area contributed by atoms with Gasteiger partial charge in [-0.2, -0.15) is 5.10 Å². The summed E-state index contributed by atoms with van der Waals surface area (Å²) in [6.45, 7) is 12.8. The van der Waals surface area contributed by atoms with Gasteiger partial charge in [-0.3, -0.25) is 9.58 Å². The number of benzene rings is 1. The third-order valence-corrected chi connectivity index (χ3v) is 6.61. The van der Waals surface area contributed by atoms with Crippen LogP contribution in [0.15, 0.2) is 42.7 Å². The van der Waals surface area contributed by atoms with E-state index in [2.05, 4.69) is 71.5 Å². The Labute approximate surface area is 164 Å². The molecule has 0 amide bonds. The predicted molar refractivity (Wildman–Crippen MR) is 111 cm³/mol. The SMILES string of the molecule is CCCN1CC2CN(Cc3cnn(CC)c3)CC2(CCc2ccccc2)C1. The molecule has 0 aliphatic carbocycles. The van der Waals surface area contributed by atoms with Gasteiger partial charge in [-0.05, 0) is 44.2 Å². The second-order valence-electron chi connectivity index (χ2n) is 8.65. The van der Waals surface area contributed by atoms with Crippen LogP contribution in [0.4, 0.5) is 0 Å². The van der Waals surface area contributed by atoms with E-state index < -0.39 is 0 Å². The zero-order chi connectivity index (χ0) is 18.7. The van der Waals surface area contributed by atoms with Crippen LogP contribution in [0.5, 0.6) is 0 Å². The van der Waals surface area contributed by atoms with Gasteiger partial charge in [0.05, 0.1) is 6.20 Å². The summed E-state index contributed by atoms with van der Waals surface area (Å²) in [6, 6.07) is 11.0. The van der Waals surface area contributed by atoms with Gasteiger partial charge in [0.1, 0.15) is 0 Å². The molecule has 1 aromatic heterocycles. The summed E-state index contributed by atoms with van der Waals surface area (Å²) < 4.78 is 2.04. The lowest BCUT2D eigenvalue weighted by Gasteiger charge is -2.30. The molecule has 4 nitrogen and oxygen atoms in total. The molecule has 0 N–H and O–H groups in total. The van der Waals surface area contributed by atoms with Gasteiger partial charge in [0.2, 0.25) is 0 Å². The Bertz CT molecular complexity index is 725. The van der Waals surface area contributed by atoms with Crippen LogP contribution in [0.1, 0.15) is 37.8 Å². The van der Waals surface area contributed by atoms with Gasteiger partial charge < -0.3 is 4.90 Å². The fraction of sp³-hybridized carbons (Fsp3) is 0.609. The number of likely N-dealkylation sites (tertiary alicyclic amines) is 2. The van der Waals surface area contributed by atoms with E-state index in [9.17, 15) is 0 Å². The summed E-state index contributed by atoms with van der Waals surface area (Å²) in [4.78, 5) is 5.41. The van der Waals surface area contributed by atoms with Crippen LogP contribution in [-0.2, 0) is 19.5 Å². The van der Waals surface area contributed by atoms with E-state index in [1.807, 2.05) is 4.68 Å². The minimum Gasteiger partial charge on any atom is -0.302 e. The lowest BCUT2D eigenvalue weighted by molar-refractivity contribution is 0.198. The van der Waals surface area contributed by atoms with Crippen LogP contribution in [0.3, 0.4) is 0 Å². The van der Waals surface area contributed by atoms with E-state index in [-0.39, 0.29) is 0 Å². The van der Waals surface area contributed by atoms with Gasteiger partial charge >= 0.3 is 0 Å². The van der Waals surface area contributed by atoms with Crippen molar-refractivity contribution in [2.24, 2.45) is 11.3 Å². The smallest absolute Gasteiger partial charge is 0.0534 e. The number of nitrogens with zero attached hydrogens (tertiary/aromatic N) is 4. The van der Waals surface area contributed by atoms with Gasteiger partial charge in [-0.25, -0.2) is 0 Å². The van der Waals surface area contributed by atoms with Crippen molar-refractivity contribution in [3.63, 3.8) is 0 Å². The summed E-state index contributed by atoms with van der Waals surface area (Å²) in [5, 5.41) is 4.46. The largest absolute Gasteiger partial charge is 0.302 e. The van der Waals surface area contributed by atoms with E-state index in [1.165, 1.54) is 63.1 Å². The second-order valence-corrected chi connectivity index (χ2v) is 8.65. The molecule has 27 heavy (non-hydrogen) atoms. The number of aryl methyl sites for hydroxylation is 2. The third kappa shape index (κ3) is 4.12. The molecule has 2 aliphatic rings. The first kappa shape index (κ1) is 18.7. The summed E-state index contributed by atoms with van der Waals surface area (Å²) >= 11 is 0. The molecule has 4 heteroatoms. The Kier molecular flexibility index (Phi) is 5.65. The highest BCUT2D eigenvalue weighted by molar-refractivity contribution is 5.16. The highest BCUT2D eigenvalue weighted by atomic mass is 15.3. The Morgan fingerprint density at radius 3 is 2.56 bits per heavy atom. The lowest BCUT2D eigenvalue weighted by Crippen LogP contribution is -2.34. The maximum absolute atomic E-state index is 4.46.